The van der Waals surface area contributed by atoms with Crippen LogP contribution in [-0.2, 0) is 9.53 Å². The molecule has 0 aromatic heterocycles. The maximum absolute atomic E-state index is 11.5. The third-order valence-corrected chi connectivity index (χ3v) is 2.95. The number of hydrogen-bond donors (Lipinski definition) is 1. The second-order valence-electron chi connectivity index (χ2n) is 4.65. The van der Waals surface area contributed by atoms with Gasteiger partial charge in [0.05, 0.1) is 12.5 Å². The molecule has 0 atom stereocenters. The minimum atomic E-state index is -0.205. The summed E-state index contributed by atoms with van der Waals surface area (Å²) < 4.78 is 4.84. The molecule has 1 aliphatic rings. The molecule has 0 amide bonds. The average molecular weight is 199 g/mol. The van der Waals surface area contributed by atoms with Crippen LogP contribution in [0.15, 0.2) is 0 Å². The second-order valence-corrected chi connectivity index (χ2v) is 4.65. The van der Waals surface area contributed by atoms with Gasteiger partial charge in [0.15, 0.2) is 0 Å². The van der Waals surface area contributed by atoms with Gasteiger partial charge in [-0.05, 0) is 25.3 Å². The SMILES string of the molecule is COC(=O)C1(CNCC(C)C)CCC1. The van der Waals surface area contributed by atoms with E-state index in [1.165, 1.54) is 7.11 Å². The van der Waals surface area contributed by atoms with E-state index in [9.17, 15) is 4.79 Å². The van der Waals surface area contributed by atoms with Gasteiger partial charge in [-0.15, -0.1) is 0 Å². The fourth-order valence-electron chi connectivity index (χ4n) is 1.87. The molecule has 1 rings (SSSR count). The number of esters is 1. The molecule has 0 unspecified atom stereocenters. The van der Waals surface area contributed by atoms with Crippen molar-refractivity contribution in [3.05, 3.63) is 0 Å². The van der Waals surface area contributed by atoms with Crippen LogP contribution < -0.4 is 5.32 Å². The minimum absolute atomic E-state index is 0.0417. The number of carbonyl (C=O) groups is 1. The van der Waals surface area contributed by atoms with Gasteiger partial charge >= 0.3 is 5.97 Å². The largest absolute Gasteiger partial charge is 0.469 e. The van der Waals surface area contributed by atoms with Crippen molar-refractivity contribution in [3.8, 4) is 0 Å². The van der Waals surface area contributed by atoms with Crippen molar-refractivity contribution in [1.29, 1.82) is 0 Å². The molecule has 0 heterocycles. The summed E-state index contributed by atoms with van der Waals surface area (Å²) in [6.07, 6.45) is 3.11. The first-order valence-electron chi connectivity index (χ1n) is 5.40. The third-order valence-electron chi connectivity index (χ3n) is 2.95. The van der Waals surface area contributed by atoms with Crippen molar-refractivity contribution in [3.63, 3.8) is 0 Å². The zero-order valence-corrected chi connectivity index (χ0v) is 9.43. The van der Waals surface area contributed by atoms with Gasteiger partial charge in [0.1, 0.15) is 0 Å². The molecule has 0 spiro atoms. The zero-order chi connectivity index (χ0) is 10.6. The quantitative estimate of drug-likeness (QED) is 0.683. The van der Waals surface area contributed by atoms with Crippen LogP contribution in [0.3, 0.4) is 0 Å². The fraction of sp³-hybridized carbons (Fsp3) is 0.909. The Balaban J connectivity index is 2.34. The lowest BCUT2D eigenvalue weighted by atomic mass is 9.68. The summed E-state index contributed by atoms with van der Waals surface area (Å²) in [5.74, 6) is 0.588. The van der Waals surface area contributed by atoms with Crippen molar-refractivity contribution in [2.75, 3.05) is 20.2 Å². The van der Waals surface area contributed by atoms with Crippen LogP contribution in [0.2, 0.25) is 0 Å². The molecule has 1 saturated carbocycles. The van der Waals surface area contributed by atoms with E-state index in [2.05, 4.69) is 19.2 Å². The molecular weight excluding hydrogens is 178 g/mol. The number of carbonyl (C=O) groups excluding carboxylic acids is 1. The highest BCUT2D eigenvalue weighted by Crippen LogP contribution is 2.41. The van der Waals surface area contributed by atoms with E-state index in [1.54, 1.807) is 0 Å². The first-order valence-corrected chi connectivity index (χ1v) is 5.40. The number of hydrogen-bond acceptors (Lipinski definition) is 3. The number of rotatable bonds is 5. The van der Waals surface area contributed by atoms with Crippen molar-refractivity contribution >= 4 is 5.97 Å². The Labute approximate surface area is 86.2 Å². The Kier molecular flexibility index (Phi) is 3.93. The average Bonchev–Trinajstić information content (AvgIpc) is 2.08. The minimum Gasteiger partial charge on any atom is -0.469 e. The number of nitrogens with one attached hydrogen (secondary N) is 1. The first kappa shape index (κ1) is 11.5. The molecule has 3 heteroatoms. The summed E-state index contributed by atoms with van der Waals surface area (Å²) in [6, 6.07) is 0. The van der Waals surface area contributed by atoms with Crippen LogP contribution in [0, 0.1) is 11.3 Å². The fourth-order valence-corrected chi connectivity index (χ4v) is 1.87. The van der Waals surface area contributed by atoms with Gasteiger partial charge < -0.3 is 10.1 Å². The summed E-state index contributed by atoms with van der Waals surface area (Å²) in [4.78, 5) is 11.5. The highest BCUT2D eigenvalue weighted by molar-refractivity contribution is 5.78. The lowest BCUT2D eigenvalue weighted by Crippen LogP contribution is -2.47. The second kappa shape index (κ2) is 4.78. The molecule has 82 valence electrons. The molecule has 0 bridgehead atoms. The number of ether oxygens (including phenoxy) is 1. The predicted octanol–water partition coefficient (Wildman–Crippen LogP) is 1.58. The van der Waals surface area contributed by atoms with Gasteiger partial charge in [-0.1, -0.05) is 20.3 Å². The van der Waals surface area contributed by atoms with Gasteiger partial charge in [0.2, 0.25) is 0 Å². The van der Waals surface area contributed by atoms with E-state index in [0.29, 0.717) is 5.92 Å². The van der Waals surface area contributed by atoms with E-state index in [4.69, 9.17) is 4.74 Å². The third kappa shape index (κ3) is 2.47. The summed E-state index contributed by atoms with van der Waals surface area (Å²) >= 11 is 0. The monoisotopic (exact) mass is 199 g/mol. The topological polar surface area (TPSA) is 38.3 Å². The van der Waals surface area contributed by atoms with Crippen LogP contribution in [0.5, 0.6) is 0 Å². The Morgan fingerprint density at radius 2 is 2.14 bits per heavy atom. The van der Waals surface area contributed by atoms with Crippen molar-refractivity contribution in [2.24, 2.45) is 11.3 Å². The molecule has 1 fully saturated rings. The van der Waals surface area contributed by atoms with Gasteiger partial charge in [0.25, 0.3) is 0 Å². The van der Waals surface area contributed by atoms with Gasteiger partial charge in [-0.25, -0.2) is 0 Å². The molecule has 14 heavy (non-hydrogen) atoms. The Morgan fingerprint density at radius 3 is 2.50 bits per heavy atom. The van der Waals surface area contributed by atoms with E-state index < -0.39 is 0 Å². The van der Waals surface area contributed by atoms with Gasteiger partial charge in [-0.3, -0.25) is 4.79 Å². The van der Waals surface area contributed by atoms with Crippen molar-refractivity contribution in [2.45, 2.75) is 33.1 Å². The first-order chi connectivity index (χ1) is 6.60. The predicted molar refractivity (Wildman–Crippen MR) is 56.0 cm³/mol. The standard InChI is InChI=1S/C11H21NO2/c1-9(2)7-12-8-11(5-4-6-11)10(13)14-3/h9,12H,4-8H2,1-3H3. The highest BCUT2D eigenvalue weighted by atomic mass is 16.5. The molecule has 0 saturated heterocycles. The molecule has 3 nitrogen and oxygen atoms in total. The molecule has 0 aromatic carbocycles. The lowest BCUT2D eigenvalue weighted by molar-refractivity contribution is -0.158. The smallest absolute Gasteiger partial charge is 0.313 e. The van der Waals surface area contributed by atoms with E-state index in [0.717, 1.165) is 32.4 Å². The summed E-state index contributed by atoms with van der Waals surface area (Å²) in [6.45, 7) is 6.08. The lowest BCUT2D eigenvalue weighted by Gasteiger charge is -2.39. The van der Waals surface area contributed by atoms with E-state index in [-0.39, 0.29) is 11.4 Å². The Bertz CT molecular complexity index is 197. The maximum atomic E-state index is 11.5. The molecule has 1 aliphatic carbocycles. The van der Waals surface area contributed by atoms with Crippen molar-refractivity contribution in [1.82, 2.24) is 5.32 Å². The van der Waals surface area contributed by atoms with Gasteiger partial charge in [-0.2, -0.15) is 0 Å². The van der Waals surface area contributed by atoms with Crippen molar-refractivity contribution < 1.29 is 9.53 Å². The molecule has 1 N–H and O–H groups in total. The summed E-state index contributed by atoms with van der Waals surface area (Å²) in [5.41, 5.74) is -0.205. The number of methoxy groups -OCH3 is 1. The molecule has 0 radical (unpaired) electrons. The molecule has 0 aromatic rings. The molecular formula is C11H21NO2. The maximum Gasteiger partial charge on any atom is 0.313 e. The van der Waals surface area contributed by atoms with Gasteiger partial charge in [0, 0.05) is 6.54 Å². The van der Waals surface area contributed by atoms with Crippen LogP contribution in [0.4, 0.5) is 0 Å². The summed E-state index contributed by atoms with van der Waals surface area (Å²) in [5, 5.41) is 3.34. The summed E-state index contributed by atoms with van der Waals surface area (Å²) in [7, 11) is 1.48. The molecule has 0 aliphatic heterocycles. The van der Waals surface area contributed by atoms with Crippen LogP contribution in [-0.4, -0.2) is 26.2 Å². The zero-order valence-electron chi connectivity index (χ0n) is 9.43. The van der Waals surface area contributed by atoms with Crippen LogP contribution in [0.1, 0.15) is 33.1 Å². The highest BCUT2D eigenvalue weighted by Gasteiger charge is 2.44. The Morgan fingerprint density at radius 1 is 1.50 bits per heavy atom. The normalized spacial score (nSPS) is 19.1. The van der Waals surface area contributed by atoms with E-state index in [1.807, 2.05) is 0 Å². The van der Waals surface area contributed by atoms with Crippen LogP contribution in [0.25, 0.3) is 0 Å². The van der Waals surface area contributed by atoms with E-state index >= 15 is 0 Å². The van der Waals surface area contributed by atoms with Crippen LogP contribution >= 0.6 is 0 Å². The Hall–Kier alpha value is -0.570.